The highest BCUT2D eigenvalue weighted by atomic mass is 16.3. The molecular weight excluding hydrogens is 286 g/mol. The zero-order valence-corrected chi connectivity index (χ0v) is 14.1. The molecule has 5 atom stereocenters. The summed E-state index contributed by atoms with van der Waals surface area (Å²) in [6.45, 7) is 4.44. The molecule has 122 valence electrons. The van der Waals surface area contributed by atoms with Crippen LogP contribution in [0.5, 0.6) is 0 Å². The van der Waals surface area contributed by atoms with Crippen LogP contribution >= 0.6 is 0 Å². The average Bonchev–Trinajstić information content (AvgIpc) is 2.80. The Hall–Kier alpha value is -1.40. The summed E-state index contributed by atoms with van der Waals surface area (Å²) in [5.74, 6) is 1.08. The molecule has 0 heterocycles. The molecule has 3 heteroatoms. The van der Waals surface area contributed by atoms with Gasteiger partial charge in [-0.3, -0.25) is 4.79 Å². The van der Waals surface area contributed by atoms with Crippen molar-refractivity contribution in [3.8, 4) is 6.07 Å². The number of fused-ring (bicyclic) bond motifs is 5. The minimum absolute atomic E-state index is 0.104. The number of hydrogen-bond donors (Lipinski definition) is 1. The van der Waals surface area contributed by atoms with Gasteiger partial charge < -0.3 is 5.11 Å². The van der Waals surface area contributed by atoms with Crippen molar-refractivity contribution in [2.24, 2.45) is 22.7 Å². The van der Waals surface area contributed by atoms with Crippen LogP contribution in [0.2, 0.25) is 0 Å². The Bertz CT molecular complexity index is 684. The summed E-state index contributed by atoms with van der Waals surface area (Å²) in [5, 5.41) is 20.4. The third kappa shape index (κ3) is 1.76. The number of ketones is 1. The van der Waals surface area contributed by atoms with Gasteiger partial charge in [-0.2, -0.15) is 5.26 Å². The molecule has 23 heavy (non-hydrogen) atoms. The van der Waals surface area contributed by atoms with Crippen LogP contribution in [0.3, 0.4) is 0 Å². The summed E-state index contributed by atoms with van der Waals surface area (Å²) < 4.78 is 0. The first-order valence-corrected chi connectivity index (χ1v) is 8.91. The molecule has 0 bridgehead atoms. The van der Waals surface area contributed by atoms with E-state index in [4.69, 9.17) is 0 Å². The molecule has 2 saturated carbocycles. The molecule has 2 fully saturated rings. The Balaban J connectivity index is 1.77. The maximum absolute atomic E-state index is 11.8. The van der Waals surface area contributed by atoms with Gasteiger partial charge in [-0.25, -0.2) is 0 Å². The highest BCUT2D eigenvalue weighted by Crippen LogP contribution is 2.65. The summed E-state index contributed by atoms with van der Waals surface area (Å²) >= 11 is 0. The lowest BCUT2D eigenvalue weighted by molar-refractivity contribution is -0.116. The molecule has 4 aliphatic rings. The Labute approximate surface area is 138 Å². The first-order chi connectivity index (χ1) is 10.8. The van der Waals surface area contributed by atoms with E-state index in [-0.39, 0.29) is 16.6 Å². The molecule has 4 rings (SSSR count). The summed E-state index contributed by atoms with van der Waals surface area (Å²) in [6, 6.07) is 2.22. The van der Waals surface area contributed by atoms with Gasteiger partial charge in [0.05, 0.1) is 6.07 Å². The normalized spacial score (nSPS) is 48.5. The van der Waals surface area contributed by atoms with Crippen molar-refractivity contribution >= 4 is 5.78 Å². The molecule has 1 N–H and O–H groups in total. The molecule has 0 radical (unpaired) electrons. The van der Waals surface area contributed by atoms with Gasteiger partial charge in [-0.1, -0.05) is 31.1 Å². The number of nitriles is 1. The Morgan fingerprint density at radius 2 is 1.96 bits per heavy atom. The number of allylic oxidation sites excluding steroid dienone is 4. The Morgan fingerprint density at radius 3 is 2.70 bits per heavy atom. The first-order valence-electron chi connectivity index (χ1n) is 8.91. The maximum Gasteiger partial charge on any atom is 0.156 e. The summed E-state index contributed by atoms with van der Waals surface area (Å²) in [4.78, 5) is 11.8. The average molecular weight is 311 g/mol. The van der Waals surface area contributed by atoms with E-state index in [1.165, 1.54) is 11.1 Å². The van der Waals surface area contributed by atoms with Crippen LogP contribution in [0, 0.1) is 34.0 Å². The second-order valence-corrected chi connectivity index (χ2v) is 8.53. The van der Waals surface area contributed by atoms with Gasteiger partial charge >= 0.3 is 0 Å². The van der Waals surface area contributed by atoms with Crippen LogP contribution in [0.25, 0.3) is 0 Å². The van der Waals surface area contributed by atoms with Crippen LogP contribution in [0.1, 0.15) is 58.8 Å². The minimum Gasteiger partial charge on any atom is -0.375 e. The van der Waals surface area contributed by atoms with E-state index in [1.807, 2.05) is 6.08 Å². The third-order valence-corrected chi connectivity index (χ3v) is 7.74. The predicted octanol–water partition coefficient (Wildman–Crippen LogP) is 3.69. The van der Waals surface area contributed by atoms with E-state index in [1.54, 1.807) is 0 Å². The first kappa shape index (κ1) is 15.1. The van der Waals surface area contributed by atoms with Gasteiger partial charge in [-0.15, -0.1) is 0 Å². The van der Waals surface area contributed by atoms with Crippen molar-refractivity contribution in [2.75, 3.05) is 0 Å². The van der Waals surface area contributed by atoms with E-state index < -0.39 is 5.60 Å². The fraction of sp³-hybridized carbons (Fsp3) is 0.700. The monoisotopic (exact) mass is 311 g/mol. The van der Waals surface area contributed by atoms with Crippen molar-refractivity contribution in [1.82, 2.24) is 0 Å². The van der Waals surface area contributed by atoms with Gasteiger partial charge in [0.25, 0.3) is 0 Å². The molecule has 0 aromatic rings. The van der Waals surface area contributed by atoms with Crippen LogP contribution in [0.4, 0.5) is 0 Å². The van der Waals surface area contributed by atoms with E-state index in [0.717, 1.165) is 32.1 Å². The predicted molar refractivity (Wildman–Crippen MR) is 87.2 cm³/mol. The number of carbonyl (C=O) groups excluding carboxylic acids is 1. The SMILES string of the molecule is CC12CCC(=O)C=C1CC=C1C2CCC2(C)C1CCC2(O)C#N. The lowest BCUT2D eigenvalue weighted by atomic mass is 9.50. The van der Waals surface area contributed by atoms with Crippen LogP contribution in [0.15, 0.2) is 23.3 Å². The van der Waals surface area contributed by atoms with Gasteiger partial charge in [0.15, 0.2) is 11.4 Å². The molecule has 5 unspecified atom stereocenters. The molecule has 0 amide bonds. The molecule has 0 aromatic carbocycles. The maximum atomic E-state index is 11.8. The zero-order valence-electron chi connectivity index (χ0n) is 14.1. The number of carbonyl (C=O) groups is 1. The van der Waals surface area contributed by atoms with Gasteiger partial charge in [0.1, 0.15) is 0 Å². The van der Waals surface area contributed by atoms with Crippen molar-refractivity contribution < 1.29 is 9.90 Å². The second-order valence-electron chi connectivity index (χ2n) is 8.53. The van der Waals surface area contributed by atoms with Crippen LogP contribution in [-0.2, 0) is 4.79 Å². The standard InChI is InChI=1S/C20H25NO2/c1-18-8-5-14(22)11-13(18)3-4-15-16(18)6-9-19(2)17(15)7-10-20(19,23)12-21/h4,11,16-17,23H,3,5-10H2,1-2H3. The Kier molecular flexibility index (Phi) is 3.01. The quantitative estimate of drug-likeness (QED) is 0.548. The topological polar surface area (TPSA) is 61.1 Å². The van der Waals surface area contributed by atoms with Crippen molar-refractivity contribution in [2.45, 2.75) is 64.4 Å². The van der Waals surface area contributed by atoms with Crippen LogP contribution in [-0.4, -0.2) is 16.5 Å². The van der Waals surface area contributed by atoms with Gasteiger partial charge in [0, 0.05) is 11.8 Å². The van der Waals surface area contributed by atoms with E-state index in [9.17, 15) is 15.2 Å². The number of nitrogens with zero attached hydrogens (tertiary/aromatic N) is 1. The lowest BCUT2D eigenvalue weighted by Gasteiger charge is -2.54. The summed E-state index contributed by atoms with van der Waals surface area (Å²) in [5.41, 5.74) is 1.39. The minimum atomic E-state index is -1.18. The zero-order chi connectivity index (χ0) is 16.5. The van der Waals surface area contributed by atoms with Crippen molar-refractivity contribution in [3.63, 3.8) is 0 Å². The molecular formula is C20H25NO2. The van der Waals surface area contributed by atoms with Crippen molar-refractivity contribution in [1.29, 1.82) is 5.26 Å². The lowest BCUT2D eigenvalue weighted by Crippen LogP contribution is -2.50. The fourth-order valence-electron chi connectivity index (χ4n) is 6.06. The van der Waals surface area contributed by atoms with Crippen molar-refractivity contribution in [3.05, 3.63) is 23.3 Å². The number of aliphatic hydroxyl groups is 1. The smallest absolute Gasteiger partial charge is 0.156 e. The van der Waals surface area contributed by atoms with Gasteiger partial charge in [0.2, 0.25) is 0 Å². The molecule has 0 spiro atoms. The largest absolute Gasteiger partial charge is 0.375 e. The molecule has 3 nitrogen and oxygen atoms in total. The van der Waals surface area contributed by atoms with E-state index in [0.29, 0.717) is 24.7 Å². The molecule has 0 aliphatic heterocycles. The number of hydrogen-bond acceptors (Lipinski definition) is 3. The molecule has 0 aromatic heterocycles. The fourth-order valence-corrected chi connectivity index (χ4v) is 6.06. The Morgan fingerprint density at radius 1 is 1.22 bits per heavy atom. The van der Waals surface area contributed by atoms with E-state index in [2.05, 4.69) is 26.0 Å². The van der Waals surface area contributed by atoms with Gasteiger partial charge in [-0.05, 0) is 61.9 Å². The highest BCUT2D eigenvalue weighted by Gasteiger charge is 2.62. The summed E-state index contributed by atoms with van der Waals surface area (Å²) in [6.07, 6.45) is 10.1. The molecule has 4 aliphatic carbocycles. The van der Waals surface area contributed by atoms with E-state index >= 15 is 0 Å². The highest BCUT2D eigenvalue weighted by molar-refractivity contribution is 5.91. The third-order valence-electron chi connectivity index (χ3n) is 7.74. The number of rotatable bonds is 0. The summed E-state index contributed by atoms with van der Waals surface area (Å²) in [7, 11) is 0. The second kappa shape index (κ2) is 4.57. The van der Waals surface area contributed by atoms with Crippen LogP contribution < -0.4 is 0 Å². The molecule has 0 saturated heterocycles.